The fourth-order valence-electron chi connectivity index (χ4n) is 7.21. The predicted molar refractivity (Wildman–Crippen MR) is 141 cm³/mol. The van der Waals surface area contributed by atoms with Crippen LogP contribution < -0.4 is 9.80 Å². The number of anilines is 2. The molecule has 0 atom stereocenters. The summed E-state index contributed by atoms with van der Waals surface area (Å²) in [6, 6.07) is 9.44. The average molecular weight is 451 g/mol. The summed E-state index contributed by atoms with van der Waals surface area (Å²) in [5, 5.41) is 0. The number of benzene rings is 2. The molecule has 1 fully saturated rings. The fourth-order valence-corrected chi connectivity index (χ4v) is 7.21. The number of rotatable bonds is 2. The molecule has 3 nitrogen and oxygen atoms in total. The lowest BCUT2D eigenvalue weighted by Gasteiger charge is -2.37. The summed E-state index contributed by atoms with van der Waals surface area (Å²) in [6.45, 7) is 4.82. The monoisotopic (exact) mass is 450 g/mol. The lowest BCUT2D eigenvalue weighted by molar-refractivity contribution is -0.111. The Hall–Kier alpha value is -2.81. The number of carbonyl (C=O) groups excluding carboxylic acids is 1. The number of allylic oxidation sites excluding steroid dienone is 2. The van der Waals surface area contributed by atoms with Crippen LogP contribution in [0.5, 0.6) is 0 Å². The lowest BCUT2D eigenvalue weighted by atomic mass is 9.89. The van der Waals surface area contributed by atoms with Gasteiger partial charge in [0, 0.05) is 48.7 Å². The molecular weight excluding hydrogens is 416 g/mol. The van der Waals surface area contributed by atoms with E-state index in [0.29, 0.717) is 0 Å². The third kappa shape index (κ3) is 3.43. The van der Waals surface area contributed by atoms with Crippen LogP contribution in [-0.2, 0) is 30.5 Å². The molecule has 2 aromatic rings. The van der Waals surface area contributed by atoms with E-state index in [4.69, 9.17) is 0 Å². The van der Waals surface area contributed by atoms with E-state index in [1.54, 1.807) is 0 Å². The van der Waals surface area contributed by atoms with E-state index < -0.39 is 0 Å². The smallest absolute Gasteiger partial charge is 0.185 e. The van der Waals surface area contributed by atoms with Crippen molar-refractivity contribution in [1.29, 1.82) is 0 Å². The Morgan fingerprint density at radius 2 is 0.882 bits per heavy atom. The molecular formula is C31H34N2O. The summed E-state index contributed by atoms with van der Waals surface area (Å²) < 4.78 is 0. The van der Waals surface area contributed by atoms with Crippen molar-refractivity contribution in [3.8, 4) is 0 Å². The van der Waals surface area contributed by atoms with Gasteiger partial charge in [-0.1, -0.05) is 0 Å². The molecule has 0 saturated heterocycles. The van der Waals surface area contributed by atoms with Gasteiger partial charge in [0.15, 0.2) is 5.78 Å². The summed E-state index contributed by atoms with van der Waals surface area (Å²) in [5.74, 6) is 0.265. The van der Waals surface area contributed by atoms with Gasteiger partial charge >= 0.3 is 0 Å². The Labute approximate surface area is 203 Å². The third-order valence-corrected chi connectivity index (χ3v) is 8.64. The SMILES string of the molecule is O=C1/C(=C/c2cc3c4c(c2)CCCN4CCC3)CC/C1=C\c1cc2c3c(c1)CCCN3CCC2. The van der Waals surface area contributed by atoms with Gasteiger partial charge in [0.2, 0.25) is 0 Å². The van der Waals surface area contributed by atoms with Crippen molar-refractivity contribution in [2.75, 3.05) is 36.0 Å². The van der Waals surface area contributed by atoms with Crippen molar-refractivity contribution in [3.05, 3.63) is 68.8 Å². The molecule has 4 aliphatic heterocycles. The van der Waals surface area contributed by atoms with Gasteiger partial charge in [-0.15, -0.1) is 0 Å². The highest BCUT2D eigenvalue weighted by Crippen LogP contribution is 2.39. The number of hydrogen-bond acceptors (Lipinski definition) is 3. The van der Waals surface area contributed by atoms with E-state index >= 15 is 0 Å². The predicted octanol–water partition coefficient (Wildman–Crippen LogP) is 5.91. The highest BCUT2D eigenvalue weighted by molar-refractivity contribution is 6.15. The molecule has 1 saturated carbocycles. The van der Waals surface area contributed by atoms with Gasteiger partial charge in [-0.25, -0.2) is 0 Å². The van der Waals surface area contributed by atoms with Crippen LogP contribution in [-0.4, -0.2) is 32.0 Å². The van der Waals surface area contributed by atoms with Crippen molar-refractivity contribution in [3.63, 3.8) is 0 Å². The summed E-state index contributed by atoms with van der Waals surface area (Å²) in [7, 11) is 0. The molecule has 1 aliphatic carbocycles. The van der Waals surface area contributed by atoms with Gasteiger partial charge in [-0.2, -0.15) is 0 Å². The van der Waals surface area contributed by atoms with Crippen LogP contribution in [0.4, 0.5) is 11.4 Å². The van der Waals surface area contributed by atoms with Crippen LogP contribution >= 0.6 is 0 Å². The molecule has 2 aromatic carbocycles. The zero-order chi connectivity index (χ0) is 22.6. The topological polar surface area (TPSA) is 23.6 Å². The maximum Gasteiger partial charge on any atom is 0.185 e. The van der Waals surface area contributed by atoms with Gasteiger partial charge < -0.3 is 9.80 Å². The minimum atomic E-state index is 0.265. The molecule has 5 aliphatic rings. The third-order valence-electron chi connectivity index (χ3n) is 8.64. The molecule has 0 aromatic heterocycles. The molecule has 0 spiro atoms. The zero-order valence-electron chi connectivity index (χ0n) is 20.2. The first-order chi connectivity index (χ1) is 16.7. The van der Waals surface area contributed by atoms with Gasteiger partial charge in [0.1, 0.15) is 0 Å². The Morgan fingerprint density at radius 1 is 0.529 bits per heavy atom. The fraction of sp³-hybridized carbons (Fsp3) is 0.452. The highest BCUT2D eigenvalue weighted by atomic mass is 16.1. The van der Waals surface area contributed by atoms with Crippen LogP contribution in [0.3, 0.4) is 0 Å². The van der Waals surface area contributed by atoms with E-state index in [9.17, 15) is 4.79 Å². The van der Waals surface area contributed by atoms with Crippen molar-refractivity contribution in [2.24, 2.45) is 0 Å². The van der Waals surface area contributed by atoms with Crippen molar-refractivity contribution in [1.82, 2.24) is 0 Å². The van der Waals surface area contributed by atoms with Crippen molar-refractivity contribution >= 4 is 29.3 Å². The Bertz CT molecular complexity index is 1090. The number of Topliss-reactive ketones (excluding diaryl/α,β-unsaturated/α-hetero) is 1. The normalized spacial score (nSPS) is 23.5. The first-order valence-electron chi connectivity index (χ1n) is 13.5. The standard InChI is InChI=1S/C31H34N2O/c34-31-27(19-21-15-23-5-1-11-32-12-2-6-24(16-21)29(23)32)9-10-28(31)20-22-17-25-7-3-13-33-14-4-8-26(18-22)30(25)33/h15-20H,1-14H2/b27-19+,28-20+. The van der Waals surface area contributed by atoms with Crippen LogP contribution in [0.2, 0.25) is 0 Å². The molecule has 4 heterocycles. The summed E-state index contributed by atoms with van der Waals surface area (Å²) in [5.41, 5.74) is 13.4. The molecule has 3 heteroatoms. The number of nitrogens with zero attached hydrogens (tertiary/aromatic N) is 2. The summed E-state index contributed by atoms with van der Waals surface area (Å²) >= 11 is 0. The molecule has 0 radical (unpaired) electrons. The Balaban J connectivity index is 1.19. The minimum absolute atomic E-state index is 0.265. The van der Waals surface area contributed by atoms with Crippen molar-refractivity contribution < 1.29 is 4.79 Å². The average Bonchev–Trinajstić information content (AvgIpc) is 3.18. The van der Waals surface area contributed by atoms with Gasteiger partial charge in [0.05, 0.1) is 0 Å². The first-order valence-corrected chi connectivity index (χ1v) is 13.5. The molecule has 0 N–H and O–H groups in total. The van der Waals surface area contributed by atoms with Crippen LogP contribution in [0.15, 0.2) is 35.4 Å². The van der Waals surface area contributed by atoms with E-state index in [2.05, 4.69) is 46.2 Å². The molecule has 0 bridgehead atoms. The van der Waals surface area contributed by atoms with E-state index in [1.807, 2.05) is 0 Å². The highest BCUT2D eigenvalue weighted by Gasteiger charge is 2.27. The largest absolute Gasteiger partial charge is 0.371 e. The minimum Gasteiger partial charge on any atom is -0.371 e. The van der Waals surface area contributed by atoms with E-state index in [1.165, 1.54) is 122 Å². The Morgan fingerprint density at radius 3 is 1.24 bits per heavy atom. The second kappa shape index (κ2) is 8.15. The molecule has 0 unspecified atom stereocenters. The van der Waals surface area contributed by atoms with Gasteiger partial charge in [-0.05, 0) is 134 Å². The lowest BCUT2D eigenvalue weighted by Crippen LogP contribution is -2.34. The number of ketones is 1. The maximum atomic E-state index is 13.4. The second-order valence-electron chi connectivity index (χ2n) is 10.9. The van der Waals surface area contributed by atoms with Gasteiger partial charge in [0.25, 0.3) is 0 Å². The van der Waals surface area contributed by atoms with Crippen LogP contribution in [0.1, 0.15) is 71.9 Å². The zero-order valence-corrected chi connectivity index (χ0v) is 20.2. The molecule has 0 amide bonds. The van der Waals surface area contributed by atoms with E-state index in [0.717, 1.165) is 24.0 Å². The Kier molecular flexibility index (Phi) is 4.93. The molecule has 7 rings (SSSR count). The van der Waals surface area contributed by atoms with Crippen LogP contribution in [0, 0.1) is 0 Å². The quantitative estimate of drug-likeness (QED) is 0.531. The summed E-state index contributed by atoms with van der Waals surface area (Å²) in [4.78, 5) is 18.5. The molecule has 34 heavy (non-hydrogen) atoms. The number of carbonyl (C=O) groups is 1. The second-order valence-corrected chi connectivity index (χ2v) is 10.9. The van der Waals surface area contributed by atoms with E-state index in [-0.39, 0.29) is 5.78 Å². The molecule has 174 valence electrons. The van der Waals surface area contributed by atoms with Gasteiger partial charge in [-0.3, -0.25) is 4.79 Å². The first kappa shape index (κ1) is 20.6. The number of hydrogen-bond donors (Lipinski definition) is 0. The van der Waals surface area contributed by atoms with Crippen molar-refractivity contribution in [2.45, 2.75) is 64.2 Å². The summed E-state index contributed by atoms with van der Waals surface area (Å²) in [6.07, 6.45) is 15.8. The van der Waals surface area contributed by atoms with Crippen LogP contribution in [0.25, 0.3) is 12.2 Å². The maximum absolute atomic E-state index is 13.4. The number of aryl methyl sites for hydroxylation is 4.